The summed E-state index contributed by atoms with van der Waals surface area (Å²) in [5.41, 5.74) is 17.5. The number of benzene rings is 8. The molecule has 2 aliphatic carbocycles. The number of anilines is 6. The summed E-state index contributed by atoms with van der Waals surface area (Å²) in [6.45, 7) is 9.58. The molecule has 0 spiro atoms. The third kappa shape index (κ3) is 7.12. The van der Waals surface area contributed by atoms with Crippen LogP contribution in [0.3, 0.4) is 0 Å². The Labute approximate surface area is 369 Å². The molecule has 0 N–H and O–H groups in total. The van der Waals surface area contributed by atoms with Crippen molar-refractivity contribution in [1.82, 2.24) is 0 Å². The van der Waals surface area contributed by atoms with Crippen LogP contribution in [0.2, 0.25) is 0 Å². The van der Waals surface area contributed by atoms with Crippen LogP contribution in [0.15, 0.2) is 206 Å². The molecule has 8 aromatic carbocycles. The molecule has 1 saturated carbocycles. The Bertz CT molecular complexity index is 2730. The normalized spacial score (nSPS) is 17.6. The molecule has 62 heavy (non-hydrogen) atoms. The molecule has 2 atom stereocenters. The Kier molecular flexibility index (Phi) is 10.4. The fourth-order valence-corrected chi connectivity index (χ4v) is 10.8. The molecule has 0 saturated heterocycles. The molecule has 0 heterocycles. The van der Waals surface area contributed by atoms with Crippen molar-refractivity contribution >= 4 is 34.1 Å². The molecule has 0 aliphatic heterocycles. The van der Waals surface area contributed by atoms with Crippen LogP contribution in [0.5, 0.6) is 0 Å². The highest BCUT2D eigenvalue weighted by Gasteiger charge is 2.41. The molecule has 10 rings (SSSR count). The second kappa shape index (κ2) is 16.3. The van der Waals surface area contributed by atoms with Gasteiger partial charge in [-0.25, -0.2) is 0 Å². The maximum atomic E-state index is 2.46. The summed E-state index contributed by atoms with van der Waals surface area (Å²) in [6, 6.07) is 76.5. The van der Waals surface area contributed by atoms with E-state index in [-0.39, 0.29) is 10.8 Å². The van der Waals surface area contributed by atoms with Crippen LogP contribution >= 0.6 is 0 Å². The Morgan fingerprint density at radius 2 is 0.871 bits per heavy atom. The molecule has 0 aromatic heterocycles. The third-order valence-electron chi connectivity index (χ3n) is 14.2. The molecule has 2 aliphatic rings. The maximum absolute atomic E-state index is 2.46. The predicted molar refractivity (Wildman–Crippen MR) is 263 cm³/mol. The van der Waals surface area contributed by atoms with Gasteiger partial charge in [-0.05, 0) is 142 Å². The van der Waals surface area contributed by atoms with Crippen LogP contribution in [0, 0.1) is 11.8 Å². The molecule has 2 heteroatoms. The fourth-order valence-electron chi connectivity index (χ4n) is 10.8. The van der Waals surface area contributed by atoms with Gasteiger partial charge in [0.1, 0.15) is 0 Å². The van der Waals surface area contributed by atoms with E-state index >= 15 is 0 Å². The summed E-state index contributed by atoms with van der Waals surface area (Å²) in [5, 5.41) is 0. The molecule has 1 fully saturated rings. The highest BCUT2D eigenvalue weighted by Crippen LogP contribution is 2.52. The summed E-state index contributed by atoms with van der Waals surface area (Å²) in [7, 11) is 0. The van der Waals surface area contributed by atoms with E-state index in [2.05, 4.69) is 244 Å². The van der Waals surface area contributed by atoms with Gasteiger partial charge in [0.15, 0.2) is 0 Å². The van der Waals surface area contributed by atoms with E-state index in [0.717, 1.165) is 35.6 Å². The summed E-state index contributed by atoms with van der Waals surface area (Å²) in [4.78, 5) is 4.82. The summed E-state index contributed by atoms with van der Waals surface area (Å²) in [6.07, 6.45) is 4.80. The van der Waals surface area contributed by atoms with Crippen molar-refractivity contribution in [2.75, 3.05) is 9.80 Å². The van der Waals surface area contributed by atoms with E-state index in [1.54, 1.807) is 0 Å². The Hall–Kier alpha value is -6.64. The van der Waals surface area contributed by atoms with E-state index in [1.807, 2.05) is 0 Å². The van der Waals surface area contributed by atoms with Gasteiger partial charge < -0.3 is 9.80 Å². The number of rotatable bonds is 10. The molecular formula is C60H56N2. The number of fused-ring (bicyclic) bond motifs is 3. The molecule has 0 radical (unpaired) electrons. The molecule has 306 valence electrons. The highest BCUT2D eigenvalue weighted by molar-refractivity contribution is 5.86. The highest BCUT2D eigenvalue weighted by atomic mass is 15.1. The first kappa shape index (κ1) is 39.5. The number of hydrogen-bond donors (Lipinski definition) is 0. The minimum Gasteiger partial charge on any atom is -0.311 e. The number of hydrogen-bond acceptors (Lipinski definition) is 2. The predicted octanol–water partition coefficient (Wildman–Crippen LogP) is 16.7. The van der Waals surface area contributed by atoms with Crippen LogP contribution in [0.4, 0.5) is 34.1 Å². The SMILES string of the molecule is CC(C)C1CCCC(c2ccc(N(c3ccccc3)c3ccccc3)cc2)(c2ccc(N(c3ccc(-c4ccccc4)cc3)c3ccc4c(c3)C(C)(C)c3ccccc3-4)cc2)C1. The monoisotopic (exact) mass is 804 g/mol. The summed E-state index contributed by atoms with van der Waals surface area (Å²) >= 11 is 0. The molecular weight excluding hydrogens is 749 g/mol. The quantitative estimate of drug-likeness (QED) is 0.136. The lowest BCUT2D eigenvalue weighted by molar-refractivity contribution is 0.207. The zero-order valence-electron chi connectivity index (χ0n) is 36.5. The zero-order chi connectivity index (χ0) is 42.3. The number of para-hydroxylation sites is 2. The van der Waals surface area contributed by atoms with Crippen molar-refractivity contribution < 1.29 is 0 Å². The molecule has 2 unspecified atom stereocenters. The van der Waals surface area contributed by atoms with E-state index in [0.29, 0.717) is 11.8 Å². The van der Waals surface area contributed by atoms with Gasteiger partial charge in [0.05, 0.1) is 0 Å². The second-order valence-electron chi connectivity index (χ2n) is 18.4. The van der Waals surface area contributed by atoms with Gasteiger partial charge in [0, 0.05) is 45.0 Å². The van der Waals surface area contributed by atoms with Crippen molar-refractivity contribution in [1.29, 1.82) is 0 Å². The van der Waals surface area contributed by atoms with Crippen molar-refractivity contribution in [3.05, 3.63) is 229 Å². The van der Waals surface area contributed by atoms with E-state index in [9.17, 15) is 0 Å². The van der Waals surface area contributed by atoms with Crippen LogP contribution < -0.4 is 9.80 Å². The maximum Gasteiger partial charge on any atom is 0.0465 e. The van der Waals surface area contributed by atoms with E-state index < -0.39 is 0 Å². The molecule has 2 nitrogen and oxygen atoms in total. The lowest BCUT2D eigenvalue weighted by Crippen LogP contribution is -2.36. The average Bonchev–Trinajstić information content (AvgIpc) is 3.56. The average molecular weight is 805 g/mol. The van der Waals surface area contributed by atoms with Gasteiger partial charge in [-0.15, -0.1) is 0 Å². The van der Waals surface area contributed by atoms with Crippen molar-refractivity contribution in [2.45, 2.75) is 64.2 Å². The molecule has 8 aromatic rings. The van der Waals surface area contributed by atoms with Crippen molar-refractivity contribution in [3.63, 3.8) is 0 Å². The first-order valence-electron chi connectivity index (χ1n) is 22.6. The zero-order valence-corrected chi connectivity index (χ0v) is 36.5. The first-order valence-corrected chi connectivity index (χ1v) is 22.6. The standard InChI is InChI=1S/C60H56N2/c1-43(2)46-19-16-40-60(42-46,47-28-34-52(35-29-47)61(49-20-10-6-11-21-49)50-22-12-7-13-23-50)48-30-36-53(37-31-48)62(51-32-26-45(27-33-51)44-17-8-5-9-18-44)54-38-39-56-55-24-14-15-25-57(55)59(3,4)58(56)41-54/h5-15,17-18,20-39,41,43,46H,16,19,40,42H2,1-4H3. The Morgan fingerprint density at radius 3 is 1.44 bits per heavy atom. The lowest BCUT2D eigenvalue weighted by atomic mass is 9.60. The van der Waals surface area contributed by atoms with Crippen LogP contribution in [-0.4, -0.2) is 0 Å². The topological polar surface area (TPSA) is 6.48 Å². The van der Waals surface area contributed by atoms with Crippen molar-refractivity contribution in [3.8, 4) is 22.3 Å². The summed E-state index contributed by atoms with van der Waals surface area (Å²) in [5.74, 6) is 1.29. The van der Waals surface area contributed by atoms with E-state index in [1.165, 1.54) is 68.7 Å². The lowest BCUT2D eigenvalue weighted by Gasteiger charge is -2.44. The fraction of sp³-hybridized carbons (Fsp3) is 0.200. The van der Waals surface area contributed by atoms with Gasteiger partial charge in [-0.2, -0.15) is 0 Å². The van der Waals surface area contributed by atoms with Crippen molar-refractivity contribution in [2.24, 2.45) is 11.8 Å². The van der Waals surface area contributed by atoms with Crippen LogP contribution in [0.1, 0.15) is 75.6 Å². The van der Waals surface area contributed by atoms with Gasteiger partial charge in [-0.1, -0.05) is 174 Å². The second-order valence-corrected chi connectivity index (χ2v) is 18.4. The molecule has 0 bridgehead atoms. The summed E-state index contributed by atoms with van der Waals surface area (Å²) < 4.78 is 0. The largest absolute Gasteiger partial charge is 0.311 e. The number of nitrogens with zero attached hydrogens (tertiary/aromatic N) is 2. The van der Waals surface area contributed by atoms with Crippen LogP contribution in [0.25, 0.3) is 22.3 Å². The van der Waals surface area contributed by atoms with E-state index in [4.69, 9.17) is 0 Å². The van der Waals surface area contributed by atoms with Crippen LogP contribution in [-0.2, 0) is 10.8 Å². The first-order chi connectivity index (χ1) is 30.3. The van der Waals surface area contributed by atoms with Gasteiger partial charge in [-0.3, -0.25) is 0 Å². The Balaban J connectivity index is 1.06. The minimum atomic E-state index is -0.0935. The van der Waals surface area contributed by atoms with Gasteiger partial charge in [0.25, 0.3) is 0 Å². The third-order valence-corrected chi connectivity index (χ3v) is 14.2. The van der Waals surface area contributed by atoms with Gasteiger partial charge in [0.2, 0.25) is 0 Å². The van der Waals surface area contributed by atoms with Gasteiger partial charge >= 0.3 is 0 Å². The minimum absolute atomic E-state index is 0.0832. The smallest absolute Gasteiger partial charge is 0.0465 e. The molecule has 0 amide bonds. The Morgan fingerprint density at radius 1 is 0.435 bits per heavy atom.